The first-order valence-corrected chi connectivity index (χ1v) is 6.52. The fraction of sp³-hybridized carbons (Fsp3) is 0.462. The molecule has 1 saturated heterocycles. The van der Waals surface area contributed by atoms with Crippen molar-refractivity contribution < 1.29 is 14.8 Å². The molecule has 0 aromatic heterocycles. The predicted octanol–water partition coefficient (Wildman–Crippen LogP) is 1.08. The van der Waals surface area contributed by atoms with E-state index in [9.17, 15) is 20.0 Å². The summed E-state index contributed by atoms with van der Waals surface area (Å²) in [6, 6.07) is 4.01. The van der Waals surface area contributed by atoms with Gasteiger partial charge in [-0.1, -0.05) is 13.0 Å². The van der Waals surface area contributed by atoms with Gasteiger partial charge in [-0.25, -0.2) is 0 Å². The first-order chi connectivity index (χ1) is 9.54. The summed E-state index contributed by atoms with van der Waals surface area (Å²) < 4.78 is 0. The van der Waals surface area contributed by atoms with Crippen LogP contribution in [-0.4, -0.2) is 58.5 Å². The molecule has 1 aliphatic rings. The molecule has 1 heterocycles. The highest BCUT2D eigenvalue weighted by Crippen LogP contribution is 2.30. The van der Waals surface area contributed by atoms with Crippen LogP contribution in [0.4, 0.5) is 5.69 Å². The monoisotopic (exact) mass is 279 g/mol. The molecule has 0 atom stereocenters. The second kappa shape index (κ2) is 5.87. The number of nitro groups is 1. The molecular formula is C13H17N3O4. The third kappa shape index (κ3) is 2.72. The third-order valence-electron chi connectivity index (χ3n) is 3.55. The zero-order valence-corrected chi connectivity index (χ0v) is 11.3. The molecule has 7 nitrogen and oxygen atoms in total. The summed E-state index contributed by atoms with van der Waals surface area (Å²) in [7, 11) is 0. The molecule has 0 spiro atoms. The minimum absolute atomic E-state index is 0.0100. The van der Waals surface area contributed by atoms with Gasteiger partial charge >= 0.3 is 5.69 Å². The summed E-state index contributed by atoms with van der Waals surface area (Å²) in [5.74, 6) is -0.914. The molecule has 1 amide bonds. The summed E-state index contributed by atoms with van der Waals surface area (Å²) in [6.07, 6.45) is 0. The zero-order valence-electron chi connectivity index (χ0n) is 11.3. The van der Waals surface area contributed by atoms with E-state index in [0.717, 1.165) is 19.6 Å². The maximum absolute atomic E-state index is 12.3. The van der Waals surface area contributed by atoms with Gasteiger partial charge in [0.1, 0.15) is 0 Å². The van der Waals surface area contributed by atoms with Gasteiger partial charge in [-0.2, -0.15) is 0 Å². The van der Waals surface area contributed by atoms with E-state index < -0.39 is 16.4 Å². The number of para-hydroxylation sites is 1. The molecule has 20 heavy (non-hydrogen) atoms. The lowest BCUT2D eigenvalue weighted by Crippen LogP contribution is -2.48. The highest BCUT2D eigenvalue weighted by molar-refractivity contribution is 5.98. The van der Waals surface area contributed by atoms with Crippen LogP contribution in [0.15, 0.2) is 18.2 Å². The number of nitrogens with zero attached hydrogens (tertiary/aromatic N) is 3. The number of hydrogen-bond acceptors (Lipinski definition) is 5. The van der Waals surface area contributed by atoms with Gasteiger partial charge in [-0.3, -0.25) is 14.9 Å². The molecule has 1 aliphatic heterocycles. The Bertz CT molecular complexity index is 524. The number of carbonyl (C=O) groups is 1. The number of piperazine rings is 1. The Balaban J connectivity index is 2.18. The van der Waals surface area contributed by atoms with Crippen LogP contribution in [0.25, 0.3) is 0 Å². The van der Waals surface area contributed by atoms with Crippen LogP contribution in [0.5, 0.6) is 5.75 Å². The van der Waals surface area contributed by atoms with Crippen molar-refractivity contribution in [1.29, 1.82) is 0 Å². The molecule has 1 fully saturated rings. The van der Waals surface area contributed by atoms with Crippen molar-refractivity contribution in [3.63, 3.8) is 0 Å². The number of phenolic OH excluding ortho intramolecular Hbond substituents is 1. The van der Waals surface area contributed by atoms with Crippen LogP contribution < -0.4 is 0 Å². The number of rotatable bonds is 3. The van der Waals surface area contributed by atoms with Crippen LogP contribution in [-0.2, 0) is 0 Å². The Morgan fingerprint density at radius 2 is 2.00 bits per heavy atom. The van der Waals surface area contributed by atoms with E-state index in [1.165, 1.54) is 18.2 Å². The Morgan fingerprint density at radius 3 is 2.55 bits per heavy atom. The minimum atomic E-state index is -0.693. The van der Waals surface area contributed by atoms with E-state index in [-0.39, 0.29) is 11.5 Å². The average molecular weight is 279 g/mol. The van der Waals surface area contributed by atoms with Gasteiger partial charge in [0.25, 0.3) is 5.91 Å². The van der Waals surface area contributed by atoms with Crippen molar-refractivity contribution in [2.75, 3.05) is 32.7 Å². The summed E-state index contributed by atoms with van der Waals surface area (Å²) in [4.78, 5) is 26.2. The predicted molar refractivity (Wildman–Crippen MR) is 72.8 cm³/mol. The van der Waals surface area contributed by atoms with Crippen LogP contribution in [0.3, 0.4) is 0 Å². The summed E-state index contributed by atoms with van der Waals surface area (Å²) in [5, 5.41) is 20.6. The van der Waals surface area contributed by atoms with Crippen LogP contribution in [0.2, 0.25) is 0 Å². The Hall–Kier alpha value is -2.15. The maximum atomic E-state index is 12.3. The first-order valence-electron chi connectivity index (χ1n) is 6.52. The minimum Gasteiger partial charge on any atom is -0.502 e. The molecule has 7 heteroatoms. The molecule has 0 bridgehead atoms. The maximum Gasteiger partial charge on any atom is 0.311 e. The van der Waals surface area contributed by atoms with E-state index in [0.29, 0.717) is 13.1 Å². The SMILES string of the molecule is CCN1CCN(C(=O)c2cccc([N+](=O)[O-])c2O)CC1. The van der Waals surface area contributed by atoms with Crippen molar-refractivity contribution in [3.05, 3.63) is 33.9 Å². The number of likely N-dealkylation sites (N-methyl/N-ethyl adjacent to an activating group) is 1. The van der Waals surface area contributed by atoms with Gasteiger partial charge in [-0.15, -0.1) is 0 Å². The van der Waals surface area contributed by atoms with Gasteiger partial charge in [0.05, 0.1) is 10.5 Å². The number of benzene rings is 1. The molecule has 108 valence electrons. The highest BCUT2D eigenvalue weighted by Gasteiger charge is 2.26. The highest BCUT2D eigenvalue weighted by atomic mass is 16.6. The lowest BCUT2D eigenvalue weighted by atomic mass is 10.1. The normalized spacial score (nSPS) is 16.1. The van der Waals surface area contributed by atoms with Crippen molar-refractivity contribution in [3.8, 4) is 5.75 Å². The number of nitro benzene ring substituents is 1. The molecule has 1 aromatic carbocycles. The second-order valence-corrected chi connectivity index (χ2v) is 4.66. The van der Waals surface area contributed by atoms with Gasteiger partial charge in [0.2, 0.25) is 5.75 Å². The van der Waals surface area contributed by atoms with Crippen LogP contribution in [0.1, 0.15) is 17.3 Å². The van der Waals surface area contributed by atoms with Crippen molar-refractivity contribution in [1.82, 2.24) is 9.80 Å². The number of hydrogen-bond donors (Lipinski definition) is 1. The quantitative estimate of drug-likeness (QED) is 0.660. The number of amides is 1. The molecular weight excluding hydrogens is 262 g/mol. The number of carbonyl (C=O) groups excluding carboxylic acids is 1. The standard InChI is InChI=1S/C13H17N3O4/c1-2-14-6-8-15(9-7-14)13(18)10-4-3-5-11(12(10)17)16(19)20/h3-5,17H,2,6-9H2,1H3. The van der Waals surface area contributed by atoms with Gasteiger partial charge < -0.3 is 14.9 Å². The van der Waals surface area contributed by atoms with Crippen molar-refractivity contribution in [2.45, 2.75) is 6.92 Å². The van der Waals surface area contributed by atoms with E-state index in [1.54, 1.807) is 4.90 Å². The van der Waals surface area contributed by atoms with E-state index >= 15 is 0 Å². The van der Waals surface area contributed by atoms with Crippen LogP contribution >= 0.6 is 0 Å². The molecule has 0 radical (unpaired) electrons. The summed E-state index contributed by atoms with van der Waals surface area (Å²) in [6.45, 7) is 5.67. The Kier molecular flexibility index (Phi) is 4.19. The summed E-state index contributed by atoms with van der Waals surface area (Å²) >= 11 is 0. The second-order valence-electron chi connectivity index (χ2n) is 4.66. The Labute approximate surface area is 116 Å². The number of phenols is 1. The van der Waals surface area contributed by atoms with E-state index in [1.807, 2.05) is 0 Å². The molecule has 1 N–H and O–H groups in total. The first kappa shape index (κ1) is 14.3. The van der Waals surface area contributed by atoms with Gasteiger partial charge in [0.15, 0.2) is 0 Å². The fourth-order valence-electron chi connectivity index (χ4n) is 2.29. The molecule has 0 saturated carbocycles. The smallest absolute Gasteiger partial charge is 0.311 e. The van der Waals surface area contributed by atoms with E-state index in [4.69, 9.17) is 0 Å². The Morgan fingerprint density at radius 1 is 1.35 bits per heavy atom. The largest absolute Gasteiger partial charge is 0.502 e. The molecule has 2 rings (SSSR count). The lowest BCUT2D eigenvalue weighted by Gasteiger charge is -2.34. The van der Waals surface area contributed by atoms with Crippen molar-refractivity contribution >= 4 is 11.6 Å². The van der Waals surface area contributed by atoms with E-state index in [2.05, 4.69) is 11.8 Å². The fourth-order valence-corrected chi connectivity index (χ4v) is 2.29. The lowest BCUT2D eigenvalue weighted by molar-refractivity contribution is -0.385. The molecule has 0 aliphatic carbocycles. The van der Waals surface area contributed by atoms with Crippen molar-refractivity contribution in [2.24, 2.45) is 0 Å². The van der Waals surface area contributed by atoms with Gasteiger partial charge in [0, 0.05) is 32.2 Å². The third-order valence-corrected chi connectivity index (χ3v) is 3.55. The average Bonchev–Trinajstić information content (AvgIpc) is 2.46. The molecule has 1 aromatic rings. The van der Waals surface area contributed by atoms with Crippen LogP contribution in [0, 0.1) is 10.1 Å². The molecule has 0 unspecified atom stereocenters. The summed E-state index contributed by atoms with van der Waals surface area (Å²) in [5.41, 5.74) is -0.452. The zero-order chi connectivity index (χ0) is 14.7. The topological polar surface area (TPSA) is 86.9 Å². The number of aromatic hydroxyl groups is 1. The van der Waals surface area contributed by atoms with Gasteiger partial charge in [-0.05, 0) is 12.6 Å².